The first-order valence-corrected chi connectivity index (χ1v) is 9.34. The third kappa shape index (κ3) is 2.89. The highest BCUT2D eigenvalue weighted by atomic mass is 31.1. The maximum Gasteiger partial charge on any atom is 0.0313 e. The van der Waals surface area contributed by atoms with Gasteiger partial charge in [-0.3, -0.25) is 4.67 Å². The summed E-state index contributed by atoms with van der Waals surface area (Å²) in [4.78, 5) is 0. The van der Waals surface area contributed by atoms with Crippen molar-refractivity contribution in [2.75, 3.05) is 0 Å². The molecule has 1 aliphatic heterocycles. The van der Waals surface area contributed by atoms with E-state index in [-0.39, 0.29) is 8.07 Å². The van der Waals surface area contributed by atoms with Gasteiger partial charge in [0.25, 0.3) is 0 Å². The molecule has 0 spiro atoms. The van der Waals surface area contributed by atoms with Gasteiger partial charge in [-0.25, -0.2) is 0 Å². The van der Waals surface area contributed by atoms with Crippen LogP contribution in [0.25, 0.3) is 10.6 Å². The zero-order valence-electron chi connectivity index (χ0n) is 13.8. The second-order valence-corrected chi connectivity index (χ2v) is 8.29. The minimum Gasteiger partial charge on any atom is -0.270 e. The van der Waals surface area contributed by atoms with E-state index < -0.39 is 0 Å². The first-order valence-electron chi connectivity index (χ1n) is 8.04. The van der Waals surface area contributed by atoms with E-state index in [0.29, 0.717) is 12.1 Å². The van der Waals surface area contributed by atoms with E-state index in [9.17, 15) is 0 Å². The first-order chi connectivity index (χ1) is 10.6. The quantitative estimate of drug-likeness (QED) is 0.608. The molecular formula is C20H24NP. The van der Waals surface area contributed by atoms with Gasteiger partial charge in [0.15, 0.2) is 0 Å². The van der Waals surface area contributed by atoms with Gasteiger partial charge in [-0.05, 0) is 38.8 Å². The summed E-state index contributed by atoms with van der Waals surface area (Å²) in [6.07, 6.45) is 0. The topological polar surface area (TPSA) is 3.24 Å². The van der Waals surface area contributed by atoms with Gasteiger partial charge in [0, 0.05) is 30.8 Å². The number of hydrogen-bond donors (Lipinski definition) is 0. The monoisotopic (exact) mass is 309 g/mol. The lowest BCUT2D eigenvalue weighted by molar-refractivity contribution is 0.329. The fourth-order valence-electron chi connectivity index (χ4n) is 3.16. The minimum absolute atomic E-state index is 0.306. The molecule has 114 valence electrons. The van der Waals surface area contributed by atoms with E-state index in [2.05, 4.69) is 93.0 Å². The fraction of sp³-hybridized carbons (Fsp3) is 0.300. The van der Waals surface area contributed by atoms with Gasteiger partial charge in [-0.2, -0.15) is 0 Å². The molecule has 2 aromatic carbocycles. The fourth-order valence-corrected chi connectivity index (χ4v) is 6.03. The van der Waals surface area contributed by atoms with Crippen molar-refractivity contribution >= 4 is 18.7 Å². The highest BCUT2D eigenvalue weighted by Crippen LogP contribution is 2.80. The number of hydrogen-bond acceptors (Lipinski definition) is 1. The van der Waals surface area contributed by atoms with Crippen LogP contribution < -0.4 is 0 Å². The van der Waals surface area contributed by atoms with Crippen molar-refractivity contribution in [2.45, 2.75) is 39.8 Å². The van der Waals surface area contributed by atoms with Crippen LogP contribution in [0.4, 0.5) is 0 Å². The van der Waals surface area contributed by atoms with Crippen LogP contribution >= 0.6 is 8.07 Å². The molecule has 3 rings (SSSR count). The first kappa shape index (κ1) is 15.5. The van der Waals surface area contributed by atoms with E-state index in [4.69, 9.17) is 0 Å². The van der Waals surface area contributed by atoms with Gasteiger partial charge in [0.05, 0.1) is 0 Å². The van der Waals surface area contributed by atoms with Crippen LogP contribution in [0.15, 0.2) is 60.7 Å². The van der Waals surface area contributed by atoms with Gasteiger partial charge in [-0.15, -0.1) is 0 Å². The molecular weight excluding hydrogens is 285 g/mol. The summed E-state index contributed by atoms with van der Waals surface area (Å²) >= 11 is 0. The maximum atomic E-state index is 2.68. The van der Waals surface area contributed by atoms with Crippen LogP contribution in [-0.4, -0.2) is 16.8 Å². The normalized spacial score (nSPS) is 15.2. The third-order valence-corrected chi connectivity index (χ3v) is 6.95. The second-order valence-electron chi connectivity index (χ2n) is 6.31. The molecule has 1 heterocycles. The van der Waals surface area contributed by atoms with Crippen molar-refractivity contribution < 1.29 is 0 Å². The van der Waals surface area contributed by atoms with Gasteiger partial charge >= 0.3 is 0 Å². The Morgan fingerprint density at radius 2 is 1.00 bits per heavy atom. The lowest BCUT2D eigenvalue weighted by Gasteiger charge is -2.31. The van der Waals surface area contributed by atoms with E-state index >= 15 is 0 Å². The van der Waals surface area contributed by atoms with Crippen LogP contribution in [0.3, 0.4) is 0 Å². The van der Waals surface area contributed by atoms with Crippen molar-refractivity contribution in [1.29, 1.82) is 0 Å². The molecule has 22 heavy (non-hydrogen) atoms. The molecule has 0 atom stereocenters. The molecule has 0 bridgehead atoms. The summed E-state index contributed by atoms with van der Waals surface area (Å²) in [6.45, 7) is 9.25. The molecule has 0 N–H and O–H groups in total. The summed E-state index contributed by atoms with van der Waals surface area (Å²) in [5.41, 5.74) is 2.78. The average Bonchev–Trinajstić information content (AvgIpc) is 3.23. The van der Waals surface area contributed by atoms with E-state index in [1.807, 2.05) is 0 Å². The van der Waals surface area contributed by atoms with Crippen LogP contribution in [0.1, 0.15) is 38.8 Å². The van der Waals surface area contributed by atoms with Crippen molar-refractivity contribution in [3.63, 3.8) is 0 Å². The highest BCUT2D eigenvalue weighted by molar-refractivity contribution is 7.87. The lowest BCUT2D eigenvalue weighted by atomic mass is 10.1. The van der Waals surface area contributed by atoms with Gasteiger partial charge in [-0.1, -0.05) is 60.7 Å². The molecule has 0 unspecified atom stereocenters. The zero-order valence-corrected chi connectivity index (χ0v) is 14.7. The van der Waals surface area contributed by atoms with Gasteiger partial charge in [0.1, 0.15) is 0 Å². The van der Waals surface area contributed by atoms with Gasteiger partial charge in [0.2, 0.25) is 0 Å². The van der Waals surface area contributed by atoms with Crippen molar-refractivity contribution in [3.05, 3.63) is 71.8 Å². The van der Waals surface area contributed by atoms with Crippen LogP contribution in [0.2, 0.25) is 0 Å². The number of nitrogens with zero attached hydrogens (tertiary/aromatic N) is 1. The molecule has 0 aliphatic carbocycles. The Labute approximate surface area is 135 Å². The van der Waals surface area contributed by atoms with Crippen molar-refractivity contribution in [1.82, 2.24) is 4.67 Å². The summed E-state index contributed by atoms with van der Waals surface area (Å²) < 4.78 is 2.68. The lowest BCUT2D eigenvalue weighted by Crippen LogP contribution is -2.30. The van der Waals surface area contributed by atoms with Gasteiger partial charge < -0.3 is 0 Å². The molecule has 2 heteroatoms. The van der Waals surface area contributed by atoms with Crippen LogP contribution in [0.5, 0.6) is 0 Å². The third-order valence-electron chi connectivity index (χ3n) is 3.98. The average molecular weight is 309 g/mol. The SMILES string of the molecule is CC(C)N(C(C)C)P1C(c2ccccc2)=C1c1ccccc1. The highest BCUT2D eigenvalue weighted by Gasteiger charge is 2.44. The molecule has 0 saturated carbocycles. The summed E-state index contributed by atoms with van der Waals surface area (Å²) in [6, 6.07) is 22.9. The van der Waals surface area contributed by atoms with E-state index in [0.717, 1.165) is 0 Å². The van der Waals surface area contributed by atoms with E-state index in [1.165, 1.54) is 11.1 Å². The molecule has 2 aromatic rings. The van der Waals surface area contributed by atoms with Crippen LogP contribution in [-0.2, 0) is 0 Å². The Bertz CT molecular complexity index is 601. The summed E-state index contributed by atoms with van der Waals surface area (Å²) in [5, 5.41) is 3.12. The predicted molar refractivity (Wildman–Crippen MR) is 98.7 cm³/mol. The van der Waals surface area contributed by atoms with Crippen molar-refractivity contribution in [3.8, 4) is 0 Å². The Morgan fingerprint density at radius 3 is 1.32 bits per heavy atom. The minimum atomic E-state index is -0.306. The van der Waals surface area contributed by atoms with Crippen LogP contribution in [0, 0.1) is 0 Å². The molecule has 0 amide bonds. The Kier molecular flexibility index (Phi) is 4.47. The Hall–Kier alpha value is -1.43. The summed E-state index contributed by atoms with van der Waals surface area (Å²) in [7, 11) is -0.306. The maximum absolute atomic E-state index is 2.68. The standard InChI is InChI=1S/C20H24NP/c1-15(2)21(16(3)4)22-19(17-11-7-5-8-12-17)20(22)18-13-9-6-10-14-18/h5-16H,1-4H3. The second kappa shape index (κ2) is 6.36. The predicted octanol–water partition coefficient (Wildman–Crippen LogP) is 6.04. The largest absolute Gasteiger partial charge is 0.270 e. The number of rotatable bonds is 5. The summed E-state index contributed by atoms with van der Waals surface area (Å²) in [5.74, 6) is 0. The Balaban J connectivity index is 2.02. The number of benzene rings is 2. The molecule has 0 aromatic heterocycles. The molecule has 0 saturated heterocycles. The molecule has 0 radical (unpaired) electrons. The zero-order chi connectivity index (χ0) is 15.7. The molecule has 1 aliphatic rings. The van der Waals surface area contributed by atoms with E-state index in [1.54, 1.807) is 10.6 Å². The molecule has 0 fully saturated rings. The molecule has 1 nitrogen and oxygen atoms in total. The smallest absolute Gasteiger partial charge is 0.0313 e. The Morgan fingerprint density at radius 1 is 0.636 bits per heavy atom. The van der Waals surface area contributed by atoms with Crippen molar-refractivity contribution in [2.24, 2.45) is 0 Å².